The fourth-order valence-electron chi connectivity index (χ4n) is 2.07. The number of hydrogen-bond acceptors (Lipinski definition) is 3. The average molecular weight is 278 g/mol. The molecule has 2 amide bonds. The van der Waals surface area contributed by atoms with Gasteiger partial charge in [-0.2, -0.15) is 0 Å². The molecular weight excluding hydrogens is 260 g/mol. The van der Waals surface area contributed by atoms with Crippen molar-refractivity contribution >= 4 is 17.7 Å². The summed E-state index contributed by atoms with van der Waals surface area (Å²) < 4.78 is 5.11. The highest BCUT2D eigenvalue weighted by Crippen LogP contribution is 2.16. The van der Waals surface area contributed by atoms with Crippen molar-refractivity contribution in [2.75, 3.05) is 25.1 Å². The van der Waals surface area contributed by atoms with Gasteiger partial charge in [0.2, 0.25) is 0 Å². The molecule has 1 unspecified atom stereocenters. The highest BCUT2D eigenvalue weighted by atomic mass is 16.5. The van der Waals surface area contributed by atoms with E-state index in [1.165, 1.54) is 4.90 Å². The van der Waals surface area contributed by atoms with Crippen LogP contribution in [0.4, 0.5) is 10.5 Å². The number of aryl methyl sites for hydroxylation is 2. The van der Waals surface area contributed by atoms with Crippen molar-refractivity contribution in [3.05, 3.63) is 29.3 Å². The Hall–Kier alpha value is -2.08. The Morgan fingerprint density at radius 3 is 2.75 bits per heavy atom. The number of ether oxygens (including phenoxy) is 1. The normalized spacial score (nSPS) is 18.7. The van der Waals surface area contributed by atoms with Crippen LogP contribution in [0.25, 0.3) is 0 Å². The molecule has 6 heteroatoms. The van der Waals surface area contributed by atoms with Gasteiger partial charge in [0.25, 0.3) is 0 Å². The van der Waals surface area contributed by atoms with Gasteiger partial charge in [0.05, 0.1) is 13.2 Å². The van der Waals surface area contributed by atoms with Crippen molar-refractivity contribution < 1.29 is 19.4 Å². The highest BCUT2D eigenvalue weighted by molar-refractivity contribution is 5.92. The molecule has 0 bridgehead atoms. The van der Waals surface area contributed by atoms with E-state index in [4.69, 9.17) is 9.84 Å². The number of urea groups is 1. The van der Waals surface area contributed by atoms with Gasteiger partial charge in [-0.15, -0.1) is 0 Å². The zero-order chi connectivity index (χ0) is 14.7. The number of carboxylic acid groups (broad SMARTS) is 1. The molecule has 1 aromatic rings. The van der Waals surface area contributed by atoms with Gasteiger partial charge in [0.15, 0.2) is 6.04 Å². The van der Waals surface area contributed by atoms with Crippen LogP contribution in [-0.4, -0.2) is 47.8 Å². The van der Waals surface area contributed by atoms with Gasteiger partial charge < -0.3 is 20.1 Å². The van der Waals surface area contributed by atoms with Crippen LogP contribution in [-0.2, 0) is 9.53 Å². The van der Waals surface area contributed by atoms with Gasteiger partial charge in [-0.05, 0) is 37.1 Å². The average Bonchev–Trinajstić information content (AvgIpc) is 2.43. The van der Waals surface area contributed by atoms with E-state index >= 15 is 0 Å². The molecule has 1 aromatic carbocycles. The molecule has 2 rings (SSSR count). The molecule has 1 fully saturated rings. The molecule has 2 N–H and O–H groups in total. The topological polar surface area (TPSA) is 78.9 Å². The van der Waals surface area contributed by atoms with E-state index in [2.05, 4.69) is 5.32 Å². The van der Waals surface area contributed by atoms with E-state index in [0.717, 1.165) is 11.1 Å². The largest absolute Gasteiger partial charge is 0.480 e. The Labute approximate surface area is 117 Å². The third-order valence-corrected chi connectivity index (χ3v) is 3.43. The summed E-state index contributed by atoms with van der Waals surface area (Å²) in [6, 6.07) is 4.23. The summed E-state index contributed by atoms with van der Waals surface area (Å²) in [6.07, 6.45) is 0. The van der Waals surface area contributed by atoms with Crippen LogP contribution >= 0.6 is 0 Å². The second-order valence-electron chi connectivity index (χ2n) is 4.85. The molecule has 1 heterocycles. The Balaban J connectivity index is 2.09. The monoisotopic (exact) mass is 278 g/mol. The summed E-state index contributed by atoms with van der Waals surface area (Å²) in [4.78, 5) is 24.6. The van der Waals surface area contributed by atoms with Crippen LogP contribution in [0.5, 0.6) is 0 Å². The smallest absolute Gasteiger partial charge is 0.328 e. The number of benzene rings is 1. The van der Waals surface area contributed by atoms with Crippen LogP contribution in [0.2, 0.25) is 0 Å². The molecule has 1 atom stereocenters. The highest BCUT2D eigenvalue weighted by Gasteiger charge is 2.32. The molecule has 0 spiro atoms. The standard InChI is InChI=1S/C14H18N2O4/c1-9-3-4-11(7-10(9)2)15-14(19)16-5-6-20-8-12(16)13(17)18/h3-4,7,12H,5-6,8H2,1-2H3,(H,15,19)(H,17,18). The third-order valence-electron chi connectivity index (χ3n) is 3.43. The van der Waals surface area contributed by atoms with Crippen LogP contribution in [0.1, 0.15) is 11.1 Å². The SMILES string of the molecule is Cc1ccc(NC(=O)N2CCOCC2C(=O)O)cc1C. The van der Waals surface area contributed by atoms with Crippen LogP contribution in [0.3, 0.4) is 0 Å². The van der Waals surface area contributed by atoms with Crippen molar-refractivity contribution in [2.24, 2.45) is 0 Å². The minimum absolute atomic E-state index is 0.0235. The number of morpholine rings is 1. The first-order valence-electron chi connectivity index (χ1n) is 6.44. The van der Waals surface area contributed by atoms with Crippen molar-refractivity contribution in [3.8, 4) is 0 Å². The van der Waals surface area contributed by atoms with E-state index < -0.39 is 18.0 Å². The molecule has 108 valence electrons. The maximum absolute atomic E-state index is 12.2. The summed E-state index contributed by atoms with van der Waals surface area (Å²) in [5.41, 5.74) is 2.87. The van der Waals surface area contributed by atoms with E-state index in [1.54, 1.807) is 6.07 Å². The van der Waals surface area contributed by atoms with Crippen molar-refractivity contribution in [1.29, 1.82) is 0 Å². The first kappa shape index (κ1) is 14.3. The van der Waals surface area contributed by atoms with Gasteiger partial charge in [-0.25, -0.2) is 9.59 Å². The lowest BCUT2D eigenvalue weighted by Gasteiger charge is -2.32. The lowest BCUT2D eigenvalue weighted by molar-refractivity contribution is -0.147. The van der Waals surface area contributed by atoms with Crippen molar-refractivity contribution in [3.63, 3.8) is 0 Å². The summed E-state index contributed by atoms with van der Waals surface area (Å²) >= 11 is 0. The molecule has 0 radical (unpaired) electrons. The number of carboxylic acids is 1. The minimum Gasteiger partial charge on any atom is -0.480 e. The van der Waals surface area contributed by atoms with Gasteiger partial charge in [0, 0.05) is 12.2 Å². The minimum atomic E-state index is -1.06. The van der Waals surface area contributed by atoms with Crippen LogP contribution in [0.15, 0.2) is 18.2 Å². The maximum Gasteiger partial charge on any atom is 0.328 e. The quantitative estimate of drug-likeness (QED) is 0.861. The Bertz CT molecular complexity index is 530. The molecule has 1 saturated heterocycles. The van der Waals surface area contributed by atoms with Gasteiger partial charge in [-0.3, -0.25) is 0 Å². The molecule has 1 aliphatic heterocycles. The first-order chi connectivity index (χ1) is 9.49. The lowest BCUT2D eigenvalue weighted by atomic mass is 10.1. The Kier molecular flexibility index (Phi) is 4.24. The van der Waals surface area contributed by atoms with E-state index in [0.29, 0.717) is 12.3 Å². The summed E-state index contributed by atoms with van der Waals surface area (Å²) in [7, 11) is 0. The van der Waals surface area contributed by atoms with Crippen LogP contribution < -0.4 is 5.32 Å². The van der Waals surface area contributed by atoms with E-state index in [1.807, 2.05) is 26.0 Å². The summed E-state index contributed by atoms with van der Waals surface area (Å²) in [6.45, 7) is 4.59. The fourth-order valence-corrected chi connectivity index (χ4v) is 2.07. The number of aliphatic carboxylic acids is 1. The molecule has 1 aliphatic rings. The molecule has 6 nitrogen and oxygen atoms in total. The number of carbonyl (C=O) groups is 2. The zero-order valence-electron chi connectivity index (χ0n) is 11.5. The number of nitrogens with zero attached hydrogens (tertiary/aromatic N) is 1. The Morgan fingerprint density at radius 1 is 1.35 bits per heavy atom. The van der Waals surface area contributed by atoms with Crippen molar-refractivity contribution in [1.82, 2.24) is 4.90 Å². The number of hydrogen-bond donors (Lipinski definition) is 2. The molecule has 0 saturated carbocycles. The number of anilines is 1. The van der Waals surface area contributed by atoms with Crippen LogP contribution in [0, 0.1) is 13.8 Å². The molecule has 0 aliphatic carbocycles. The first-order valence-corrected chi connectivity index (χ1v) is 6.44. The summed E-state index contributed by atoms with van der Waals surface area (Å²) in [5.74, 6) is -1.06. The van der Waals surface area contributed by atoms with E-state index in [-0.39, 0.29) is 13.2 Å². The number of amides is 2. The predicted octanol–water partition coefficient (Wildman–Crippen LogP) is 1.62. The summed E-state index contributed by atoms with van der Waals surface area (Å²) in [5, 5.41) is 11.8. The van der Waals surface area contributed by atoms with Gasteiger partial charge in [-0.1, -0.05) is 6.07 Å². The second-order valence-corrected chi connectivity index (χ2v) is 4.85. The Morgan fingerprint density at radius 2 is 2.10 bits per heavy atom. The predicted molar refractivity (Wildman–Crippen MR) is 73.9 cm³/mol. The second kappa shape index (κ2) is 5.92. The molecule has 0 aromatic heterocycles. The van der Waals surface area contributed by atoms with Gasteiger partial charge >= 0.3 is 12.0 Å². The van der Waals surface area contributed by atoms with Crippen molar-refractivity contribution in [2.45, 2.75) is 19.9 Å². The number of nitrogens with one attached hydrogen (secondary N) is 1. The fraction of sp³-hybridized carbons (Fsp3) is 0.429. The zero-order valence-corrected chi connectivity index (χ0v) is 11.5. The lowest BCUT2D eigenvalue weighted by Crippen LogP contribution is -2.53. The number of carbonyl (C=O) groups excluding carboxylic acids is 1. The molecule has 20 heavy (non-hydrogen) atoms. The maximum atomic E-state index is 12.2. The van der Waals surface area contributed by atoms with E-state index in [9.17, 15) is 9.59 Å². The molecular formula is C14H18N2O4. The number of rotatable bonds is 2. The third kappa shape index (κ3) is 3.08. The van der Waals surface area contributed by atoms with Gasteiger partial charge in [0.1, 0.15) is 0 Å².